The molecule has 2 rings (SSSR count). The normalized spacial score (nSPS) is 10.9. The van der Waals surface area contributed by atoms with Crippen molar-refractivity contribution < 1.29 is 14.6 Å². The summed E-state index contributed by atoms with van der Waals surface area (Å²) in [4.78, 5) is 10.8. The van der Waals surface area contributed by atoms with Crippen LogP contribution in [0.15, 0.2) is 12.1 Å². The predicted molar refractivity (Wildman–Crippen MR) is 74.9 cm³/mol. The van der Waals surface area contributed by atoms with Crippen LogP contribution in [-0.4, -0.2) is 22.8 Å². The van der Waals surface area contributed by atoms with Crippen LogP contribution in [-0.2, 0) is 18.3 Å². The summed E-state index contributed by atoms with van der Waals surface area (Å²) in [6, 6.07) is 4.10. The van der Waals surface area contributed by atoms with E-state index in [1.165, 1.54) is 0 Å². The highest BCUT2D eigenvalue weighted by atomic mass is 16.5. The molecular weight excluding hydrogens is 242 g/mol. The number of nitrogens with zero attached hydrogens (tertiary/aromatic N) is 1. The van der Waals surface area contributed by atoms with Gasteiger partial charge in [-0.3, -0.25) is 4.79 Å². The standard InChI is InChI=1S/C15H19NO3/c1-9-7-12-11(5-6-14(17)18)10(2)16(3)15(12)13(8-9)19-4/h7-8H,5-6H2,1-4H3,(H,17,18). The zero-order valence-electron chi connectivity index (χ0n) is 11.8. The van der Waals surface area contributed by atoms with Gasteiger partial charge in [-0.25, -0.2) is 0 Å². The molecule has 0 spiro atoms. The number of fused-ring (bicyclic) bond motifs is 1. The maximum absolute atomic E-state index is 10.8. The van der Waals surface area contributed by atoms with Gasteiger partial charge in [0.25, 0.3) is 0 Å². The molecule has 0 aliphatic carbocycles. The van der Waals surface area contributed by atoms with Crippen LogP contribution >= 0.6 is 0 Å². The number of methoxy groups -OCH3 is 1. The molecule has 0 aliphatic rings. The number of benzene rings is 1. The average Bonchev–Trinajstić information content (AvgIpc) is 2.58. The number of aliphatic carboxylic acids is 1. The van der Waals surface area contributed by atoms with Gasteiger partial charge in [0.15, 0.2) is 0 Å². The van der Waals surface area contributed by atoms with Gasteiger partial charge in [-0.15, -0.1) is 0 Å². The highest BCUT2D eigenvalue weighted by molar-refractivity contribution is 5.91. The summed E-state index contributed by atoms with van der Waals surface area (Å²) in [6.45, 7) is 4.04. The zero-order chi connectivity index (χ0) is 14.2. The molecule has 1 N–H and O–H groups in total. The van der Waals surface area contributed by atoms with Crippen LogP contribution in [0.1, 0.15) is 23.2 Å². The fourth-order valence-electron chi connectivity index (χ4n) is 2.59. The summed E-state index contributed by atoms with van der Waals surface area (Å²) in [5.74, 6) is 0.0678. The lowest BCUT2D eigenvalue weighted by Gasteiger charge is -2.06. The Morgan fingerprint density at radius 3 is 2.63 bits per heavy atom. The third kappa shape index (κ3) is 2.30. The van der Waals surface area contributed by atoms with Crippen molar-refractivity contribution in [2.75, 3.05) is 7.11 Å². The van der Waals surface area contributed by atoms with Crippen LogP contribution in [0.25, 0.3) is 10.9 Å². The molecule has 1 heterocycles. The molecule has 102 valence electrons. The molecule has 0 unspecified atom stereocenters. The predicted octanol–water partition coefficient (Wildman–Crippen LogP) is 2.82. The first-order valence-corrected chi connectivity index (χ1v) is 6.30. The second-order valence-electron chi connectivity index (χ2n) is 4.88. The molecule has 1 aromatic heterocycles. The monoisotopic (exact) mass is 261 g/mol. The molecule has 0 aliphatic heterocycles. The fourth-order valence-corrected chi connectivity index (χ4v) is 2.59. The highest BCUT2D eigenvalue weighted by Gasteiger charge is 2.16. The largest absolute Gasteiger partial charge is 0.495 e. The van der Waals surface area contributed by atoms with Gasteiger partial charge in [-0.05, 0) is 43.5 Å². The molecule has 0 bridgehead atoms. The van der Waals surface area contributed by atoms with Crippen molar-refractivity contribution in [2.45, 2.75) is 26.7 Å². The van der Waals surface area contributed by atoms with Gasteiger partial charge < -0.3 is 14.4 Å². The molecule has 0 fully saturated rings. The van der Waals surface area contributed by atoms with Crippen molar-refractivity contribution in [3.63, 3.8) is 0 Å². The van der Waals surface area contributed by atoms with Crippen LogP contribution in [0.5, 0.6) is 5.75 Å². The summed E-state index contributed by atoms with van der Waals surface area (Å²) >= 11 is 0. The molecule has 2 aromatic rings. The number of carboxylic acids is 1. The first-order valence-electron chi connectivity index (χ1n) is 6.30. The number of carboxylic acid groups (broad SMARTS) is 1. The molecule has 0 amide bonds. The van der Waals surface area contributed by atoms with Crippen molar-refractivity contribution in [1.29, 1.82) is 0 Å². The van der Waals surface area contributed by atoms with Crippen molar-refractivity contribution >= 4 is 16.9 Å². The number of hydrogen-bond acceptors (Lipinski definition) is 2. The van der Waals surface area contributed by atoms with E-state index in [0.717, 1.165) is 33.5 Å². The van der Waals surface area contributed by atoms with Crippen LogP contribution in [0.3, 0.4) is 0 Å². The molecule has 19 heavy (non-hydrogen) atoms. The second kappa shape index (κ2) is 4.96. The Bertz CT molecular complexity index is 641. The maximum Gasteiger partial charge on any atom is 0.303 e. The Kier molecular flexibility index (Phi) is 3.51. The van der Waals surface area contributed by atoms with E-state index in [9.17, 15) is 4.79 Å². The molecule has 0 atom stereocenters. The molecular formula is C15H19NO3. The highest BCUT2D eigenvalue weighted by Crippen LogP contribution is 2.33. The van der Waals surface area contributed by atoms with Crippen molar-refractivity contribution in [3.05, 3.63) is 29.0 Å². The third-order valence-electron chi connectivity index (χ3n) is 3.63. The molecule has 4 nitrogen and oxygen atoms in total. The van der Waals surface area contributed by atoms with Gasteiger partial charge in [-0.2, -0.15) is 0 Å². The van der Waals surface area contributed by atoms with Gasteiger partial charge in [0, 0.05) is 24.5 Å². The van der Waals surface area contributed by atoms with E-state index in [-0.39, 0.29) is 6.42 Å². The SMILES string of the molecule is COc1cc(C)cc2c(CCC(=O)O)c(C)n(C)c12. The number of rotatable bonds is 4. The number of hydrogen-bond donors (Lipinski definition) is 1. The minimum absolute atomic E-state index is 0.149. The van der Waals surface area contributed by atoms with Crippen molar-refractivity contribution in [2.24, 2.45) is 7.05 Å². The molecule has 0 radical (unpaired) electrons. The van der Waals surface area contributed by atoms with Crippen LogP contribution < -0.4 is 4.74 Å². The van der Waals surface area contributed by atoms with E-state index in [0.29, 0.717) is 6.42 Å². The van der Waals surface area contributed by atoms with E-state index < -0.39 is 5.97 Å². The lowest BCUT2D eigenvalue weighted by atomic mass is 10.0. The summed E-state index contributed by atoms with van der Waals surface area (Å²) in [5.41, 5.74) is 4.35. The number of ether oxygens (including phenoxy) is 1. The zero-order valence-corrected chi connectivity index (χ0v) is 11.8. The van der Waals surface area contributed by atoms with E-state index in [1.54, 1.807) is 7.11 Å². The van der Waals surface area contributed by atoms with E-state index in [2.05, 4.69) is 10.6 Å². The molecule has 0 saturated heterocycles. The first-order chi connectivity index (χ1) is 8.95. The Balaban J connectivity index is 2.67. The molecule has 1 aromatic carbocycles. The maximum atomic E-state index is 10.8. The average molecular weight is 261 g/mol. The van der Waals surface area contributed by atoms with Crippen LogP contribution in [0.2, 0.25) is 0 Å². The topological polar surface area (TPSA) is 51.5 Å². The first kappa shape index (κ1) is 13.5. The Morgan fingerprint density at radius 2 is 2.05 bits per heavy atom. The number of aromatic nitrogens is 1. The summed E-state index contributed by atoms with van der Waals surface area (Å²) in [6.07, 6.45) is 0.696. The molecule has 0 saturated carbocycles. The second-order valence-corrected chi connectivity index (χ2v) is 4.88. The third-order valence-corrected chi connectivity index (χ3v) is 3.63. The molecule has 4 heteroatoms. The van der Waals surface area contributed by atoms with Gasteiger partial charge in [0.05, 0.1) is 12.6 Å². The van der Waals surface area contributed by atoms with E-state index in [4.69, 9.17) is 9.84 Å². The summed E-state index contributed by atoms with van der Waals surface area (Å²) in [5, 5.41) is 9.96. The van der Waals surface area contributed by atoms with Gasteiger partial charge in [-0.1, -0.05) is 0 Å². The lowest BCUT2D eigenvalue weighted by molar-refractivity contribution is -0.136. The van der Waals surface area contributed by atoms with E-state index >= 15 is 0 Å². The van der Waals surface area contributed by atoms with Crippen molar-refractivity contribution in [1.82, 2.24) is 4.57 Å². The summed E-state index contributed by atoms with van der Waals surface area (Å²) in [7, 11) is 3.65. The van der Waals surface area contributed by atoms with Crippen LogP contribution in [0.4, 0.5) is 0 Å². The summed E-state index contributed by atoms with van der Waals surface area (Å²) < 4.78 is 7.52. The lowest BCUT2D eigenvalue weighted by Crippen LogP contribution is -1.99. The smallest absolute Gasteiger partial charge is 0.303 e. The quantitative estimate of drug-likeness (QED) is 0.920. The van der Waals surface area contributed by atoms with E-state index in [1.807, 2.05) is 27.0 Å². The Labute approximate surface area is 112 Å². The number of aryl methyl sites for hydroxylation is 3. The van der Waals surface area contributed by atoms with Gasteiger partial charge in [0.2, 0.25) is 0 Å². The minimum Gasteiger partial charge on any atom is -0.495 e. The van der Waals surface area contributed by atoms with Crippen LogP contribution in [0, 0.1) is 13.8 Å². The number of carbonyl (C=O) groups is 1. The Hall–Kier alpha value is -1.97. The fraction of sp³-hybridized carbons (Fsp3) is 0.400. The van der Waals surface area contributed by atoms with Gasteiger partial charge in [0.1, 0.15) is 5.75 Å². The van der Waals surface area contributed by atoms with Gasteiger partial charge >= 0.3 is 5.97 Å². The minimum atomic E-state index is -0.768. The van der Waals surface area contributed by atoms with Crippen molar-refractivity contribution in [3.8, 4) is 5.75 Å². The Morgan fingerprint density at radius 1 is 1.37 bits per heavy atom.